The van der Waals surface area contributed by atoms with Crippen molar-refractivity contribution in [3.63, 3.8) is 0 Å². The molecule has 60 heavy (non-hydrogen) atoms. The van der Waals surface area contributed by atoms with Crippen LogP contribution in [0.3, 0.4) is 0 Å². The number of esters is 1. The zero-order valence-corrected chi connectivity index (χ0v) is 38.8. The molecule has 0 bridgehead atoms. The number of amides is 1. The van der Waals surface area contributed by atoms with E-state index in [1.807, 2.05) is 66.8 Å². The van der Waals surface area contributed by atoms with E-state index in [2.05, 4.69) is 56.5 Å². The highest BCUT2D eigenvalue weighted by atomic mass is 16.5. The summed E-state index contributed by atoms with van der Waals surface area (Å²) in [5.41, 5.74) is 0. The highest BCUT2D eigenvalue weighted by molar-refractivity contribution is 5.77. The van der Waals surface area contributed by atoms with Gasteiger partial charge < -0.3 is 20.3 Å². The van der Waals surface area contributed by atoms with Crippen LogP contribution < -0.4 is 5.32 Å². The molecule has 3 atom stereocenters. The Labute approximate surface area is 369 Å². The van der Waals surface area contributed by atoms with Crippen LogP contribution in [0.25, 0.3) is 0 Å². The van der Waals surface area contributed by atoms with Crippen molar-refractivity contribution in [1.82, 2.24) is 5.32 Å². The number of carbonyl (C=O) groups excluding carboxylic acids is 2. The summed E-state index contributed by atoms with van der Waals surface area (Å²) in [6.07, 6.45) is 61.9. The molecule has 0 aromatic carbocycles. The predicted octanol–water partition coefficient (Wildman–Crippen LogP) is 14.6. The van der Waals surface area contributed by atoms with E-state index in [0.717, 1.165) is 64.2 Å². The summed E-state index contributed by atoms with van der Waals surface area (Å²) in [6, 6.07) is -0.732. The van der Waals surface area contributed by atoms with Crippen LogP contribution in [0.4, 0.5) is 0 Å². The monoisotopic (exact) mass is 834 g/mol. The minimum absolute atomic E-state index is 0.0202. The zero-order chi connectivity index (χ0) is 43.8. The molecule has 0 aliphatic carbocycles. The standard InChI is InChI=1S/C54H91NO5/c1-4-7-10-13-16-19-22-24-25-26-27-29-31-34-37-40-43-46-52(57)51(49-56)55-53(58)48-50(45-42-39-36-33-30-21-18-15-12-9-6-3)60-54(59)47-44-41-38-35-32-28-23-20-17-14-11-8-5-2/h8-9,11-12,14-15,17-18,20-21,23,28,30,32,35,38,50-52,56-57H,4-7,10,13,16,19,22,24-27,29,31,33-34,36-37,39-49H2,1-3H3,(H,55,58)/b11-8+,12-9+,17-14+,18-15+,23-20-,30-21-,32-28-,38-35+. The van der Waals surface area contributed by atoms with Crippen molar-refractivity contribution >= 4 is 11.9 Å². The van der Waals surface area contributed by atoms with Crippen LogP contribution >= 0.6 is 0 Å². The smallest absolute Gasteiger partial charge is 0.306 e. The molecule has 0 spiro atoms. The second-order valence-electron chi connectivity index (χ2n) is 16.3. The fraction of sp³-hybridized carbons (Fsp3) is 0.667. The largest absolute Gasteiger partial charge is 0.462 e. The molecule has 0 saturated heterocycles. The summed E-state index contributed by atoms with van der Waals surface area (Å²) in [5, 5.41) is 23.7. The van der Waals surface area contributed by atoms with E-state index in [1.54, 1.807) is 0 Å². The van der Waals surface area contributed by atoms with E-state index in [1.165, 1.54) is 89.9 Å². The van der Waals surface area contributed by atoms with E-state index in [0.29, 0.717) is 19.3 Å². The normalized spacial score (nSPS) is 14.2. The fourth-order valence-electron chi connectivity index (χ4n) is 6.93. The summed E-state index contributed by atoms with van der Waals surface area (Å²) in [5.74, 6) is -0.607. The Balaban J connectivity index is 4.63. The van der Waals surface area contributed by atoms with E-state index in [-0.39, 0.29) is 31.3 Å². The predicted molar refractivity (Wildman–Crippen MR) is 259 cm³/mol. The van der Waals surface area contributed by atoms with E-state index in [9.17, 15) is 19.8 Å². The number of rotatable bonds is 42. The van der Waals surface area contributed by atoms with Crippen molar-refractivity contribution in [2.45, 2.75) is 225 Å². The molecule has 1 amide bonds. The van der Waals surface area contributed by atoms with Gasteiger partial charge in [-0.25, -0.2) is 0 Å². The summed E-state index contributed by atoms with van der Waals surface area (Å²) < 4.78 is 5.85. The molecule has 0 radical (unpaired) electrons. The number of unbranched alkanes of at least 4 members (excludes halogenated alkanes) is 20. The van der Waals surface area contributed by atoms with Crippen LogP contribution in [0.5, 0.6) is 0 Å². The Morgan fingerprint density at radius 1 is 0.500 bits per heavy atom. The SMILES string of the molecule is CC/C=C/C=C/C=C\C=C/C=C/CCCC(=O)OC(CCCCC\C=C/C=C/C=C/CC)CC(=O)NC(CO)C(O)CCCCCCCCCCCCCCCCCCC. The number of ether oxygens (including phenoxy) is 1. The molecule has 0 aliphatic heterocycles. The molecule has 0 aliphatic rings. The number of aliphatic hydroxyl groups is 2. The maximum Gasteiger partial charge on any atom is 0.306 e. The second kappa shape index (κ2) is 46.8. The molecule has 342 valence electrons. The quantitative estimate of drug-likeness (QED) is 0.0323. The lowest BCUT2D eigenvalue weighted by Crippen LogP contribution is -2.46. The molecule has 0 aromatic rings. The minimum atomic E-state index is -0.814. The highest BCUT2D eigenvalue weighted by Gasteiger charge is 2.24. The van der Waals surface area contributed by atoms with E-state index < -0.39 is 18.2 Å². The maximum atomic E-state index is 13.2. The summed E-state index contributed by atoms with van der Waals surface area (Å²) in [6.45, 7) is 6.17. The lowest BCUT2D eigenvalue weighted by atomic mass is 10.0. The van der Waals surface area contributed by atoms with Gasteiger partial charge >= 0.3 is 5.97 Å². The molecule has 0 fully saturated rings. The van der Waals surface area contributed by atoms with Crippen LogP contribution in [0.1, 0.15) is 207 Å². The number of carbonyl (C=O) groups is 2. The molecule has 3 N–H and O–H groups in total. The van der Waals surface area contributed by atoms with Gasteiger partial charge in [-0.15, -0.1) is 0 Å². The molecule has 3 unspecified atom stereocenters. The van der Waals surface area contributed by atoms with Gasteiger partial charge in [0.05, 0.1) is 25.2 Å². The van der Waals surface area contributed by atoms with Crippen LogP contribution in [0, 0.1) is 0 Å². The van der Waals surface area contributed by atoms with Gasteiger partial charge in [-0.3, -0.25) is 9.59 Å². The number of allylic oxidation sites excluding steroid dienone is 16. The second-order valence-corrected chi connectivity index (χ2v) is 16.3. The topological polar surface area (TPSA) is 95.9 Å². The molecule has 0 heterocycles. The summed E-state index contributed by atoms with van der Waals surface area (Å²) in [7, 11) is 0. The Morgan fingerprint density at radius 3 is 1.37 bits per heavy atom. The molecule has 6 heteroatoms. The average Bonchev–Trinajstić information content (AvgIpc) is 3.24. The first-order chi connectivity index (χ1) is 29.5. The third kappa shape index (κ3) is 41.5. The molecular formula is C54H91NO5. The third-order valence-corrected chi connectivity index (χ3v) is 10.6. The maximum absolute atomic E-state index is 13.2. The fourth-order valence-corrected chi connectivity index (χ4v) is 6.93. The van der Waals surface area contributed by atoms with Crippen molar-refractivity contribution in [3.05, 3.63) is 97.2 Å². The van der Waals surface area contributed by atoms with Gasteiger partial charge in [0.2, 0.25) is 5.91 Å². The van der Waals surface area contributed by atoms with Crippen molar-refractivity contribution in [1.29, 1.82) is 0 Å². The van der Waals surface area contributed by atoms with Gasteiger partial charge in [0.15, 0.2) is 0 Å². The highest BCUT2D eigenvalue weighted by Crippen LogP contribution is 2.17. The van der Waals surface area contributed by atoms with E-state index >= 15 is 0 Å². The lowest BCUT2D eigenvalue weighted by Gasteiger charge is -2.24. The Bertz CT molecular complexity index is 1210. The van der Waals surface area contributed by atoms with Crippen molar-refractivity contribution in [2.24, 2.45) is 0 Å². The van der Waals surface area contributed by atoms with Crippen LogP contribution in [-0.4, -0.2) is 46.9 Å². The molecule has 0 aromatic heterocycles. The van der Waals surface area contributed by atoms with Gasteiger partial charge in [-0.05, 0) is 57.8 Å². The number of hydrogen-bond acceptors (Lipinski definition) is 5. The van der Waals surface area contributed by atoms with Gasteiger partial charge in [-0.1, -0.05) is 234 Å². The van der Waals surface area contributed by atoms with Gasteiger partial charge in [0.1, 0.15) is 6.10 Å². The number of aliphatic hydroxyl groups excluding tert-OH is 2. The third-order valence-electron chi connectivity index (χ3n) is 10.6. The first kappa shape index (κ1) is 56.8. The van der Waals surface area contributed by atoms with Gasteiger partial charge in [-0.2, -0.15) is 0 Å². The van der Waals surface area contributed by atoms with Crippen molar-refractivity contribution in [2.75, 3.05) is 6.61 Å². The van der Waals surface area contributed by atoms with Crippen molar-refractivity contribution in [3.8, 4) is 0 Å². The molecule has 0 rings (SSSR count). The Morgan fingerprint density at radius 2 is 0.900 bits per heavy atom. The number of nitrogens with one attached hydrogen (secondary N) is 1. The minimum Gasteiger partial charge on any atom is -0.462 e. The van der Waals surface area contributed by atoms with E-state index in [4.69, 9.17) is 4.74 Å². The van der Waals surface area contributed by atoms with Gasteiger partial charge in [0.25, 0.3) is 0 Å². The van der Waals surface area contributed by atoms with Crippen molar-refractivity contribution < 1.29 is 24.5 Å². The summed E-state index contributed by atoms with van der Waals surface area (Å²) >= 11 is 0. The average molecular weight is 834 g/mol. The summed E-state index contributed by atoms with van der Waals surface area (Å²) in [4.78, 5) is 26.0. The van der Waals surface area contributed by atoms with Crippen LogP contribution in [0.2, 0.25) is 0 Å². The Hall–Kier alpha value is -3.22. The zero-order valence-electron chi connectivity index (χ0n) is 38.8. The van der Waals surface area contributed by atoms with Crippen LogP contribution in [-0.2, 0) is 14.3 Å². The Kier molecular flexibility index (Phi) is 44.3. The lowest BCUT2D eigenvalue weighted by molar-refractivity contribution is -0.151. The van der Waals surface area contributed by atoms with Crippen LogP contribution in [0.15, 0.2) is 97.2 Å². The van der Waals surface area contributed by atoms with Gasteiger partial charge in [0, 0.05) is 6.42 Å². The molecule has 6 nitrogen and oxygen atoms in total. The first-order valence-corrected chi connectivity index (χ1v) is 24.6. The molecular weight excluding hydrogens is 743 g/mol. The number of hydrogen-bond donors (Lipinski definition) is 3. The molecule has 0 saturated carbocycles. The first-order valence-electron chi connectivity index (χ1n) is 24.6.